The van der Waals surface area contributed by atoms with Crippen molar-refractivity contribution in [2.45, 2.75) is 37.1 Å². The Balaban J connectivity index is 0.00000220. The van der Waals surface area contributed by atoms with Crippen LogP contribution in [0.5, 0.6) is 0 Å². The molecule has 2 rings (SSSR count). The molecule has 7 heteroatoms. The first-order valence-electron chi connectivity index (χ1n) is 6.74. The second-order valence-electron chi connectivity index (χ2n) is 5.06. The van der Waals surface area contributed by atoms with Gasteiger partial charge in [0.1, 0.15) is 11.0 Å². The van der Waals surface area contributed by atoms with Crippen LogP contribution in [0.25, 0.3) is 0 Å². The van der Waals surface area contributed by atoms with Crippen LogP contribution in [0.4, 0.5) is 0 Å². The van der Waals surface area contributed by atoms with Crippen molar-refractivity contribution < 1.29 is 8.42 Å². The Hall–Kier alpha value is -1.13. The molecule has 1 aromatic carbocycles. The van der Waals surface area contributed by atoms with Crippen molar-refractivity contribution in [1.29, 1.82) is 5.26 Å². The predicted molar refractivity (Wildman–Crippen MR) is 83.7 cm³/mol. The molecule has 1 aromatic rings. The predicted octanol–water partition coefficient (Wildman–Crippen LogP) is 1.79. The highest BCUT2D eigenvalue weighted by molar-refractivity contribution is 7.89. The molecule has 1 unspecified atom stereocenters. The van der Waals surface area contributed by atoms with Crippen molar-refractivity contribution in [3.05, 3.63) is 29.3 Å². The molecule has 1 aliphatic rings. The molecule has 1 fully saturated rings. The number of hydrogen-bond donors (Lipinski definition) is 1. The molecule has 0 saturated carbocycles. The van der Waals surface area contributed by atoms with E-state index in [0.717, 1.165) is 19.3 Å². The van der Waals surface area contributed by atoms with Gasteiger partial charge >= 0.3 is 0 Å². The van der Waals surface area contributed by atoms with Gasteiger partial charge in [0.15, 0.2) is 0 Å². The molecule has 5 nitrogen and oxygen atoms in total. The van der Waals surface area contributed by atoms with Gasteiger partial charge in [0, 0.05) is 19.1 Å². The van der Waals surface area contributed by atoms with Crippen LogP contribution < -0.4 is 5.73 Å². The van der Waals surface area contributed by atoms with Gasteiger partial charge in [-0.25, -0.2) is 8.42 Å². The fraction of sp³-hybridized carbons (Fsp3) is 0.500. The molecule has 116 valence electrons. The van der Waals surface area contributed by atoms with Gasteiger partial charge in [-0.1, -0.05) is 18.6 Å². The largest absolute Gasteiger partial charge is 0.329 e. The average Bonchev–Trinajstić information content (AvgIpc) is 2.46. The lowest BCUT2D eigenvalue weighted by Gasteiger charge is -2.34. The molecule has 1 atom stereocenters. The van der Waals surface area contributed by atoms with Gasteiger partial charge in [0.25, 0.3) is 0 Å². The minimum atomic E-state index is -3.66. The average molecular weight is 330 g/mol. The van der Waals surface area contributed by atoms with Crippen molar-refractivity contribution in [2.75, 3.05) is 13.1 Å². The van der Waals surface area contributed by atoms with Crippen LogP contribution in [0.3, 0.4) is 0 Å². The molecule has 0 spiro atoms. The molecule has 1 aliphatic heterocycles. The number of nitrogens with zero attached hydrogens (tertiary/aromatic N) is 2. The van der Waals surface area contributed by atoms with Crippen LogP contribution >= 0.6 is 12.4 Å². The molecule has 21 heavy (non-hydrogen) atoms. The quantitative estimate of drug-likeness (QED) is 0.915. The summed E-state index contributed by atoms with van der Waals surface area (Å²) in [5.74, 6) is 0. The Kier molecular flexibility index (Phi) is 6.17. The molecule has 0 bridgehead atoms. The molecule has 1 saturated heterocycles. The monoisotopic (exact) mass is 329 g/mol. The van der Waals surface area contributed by atoms with Gasteiger partial charge in [-0.2, -0.15) is 9.57 Å². The zero-order chi connectivity index (χ0) is 14.8. The minimum Gasteiger partial charge on any atom is -0.329 e. The zero-order valence-electron chi connectivity index (χ0n) is 11.9. The SMILES string of the molecule is Cc1cccc(S(=O)(=O)N2CCCCC2CN)c1C#N.Cl. The highest BCUT2D eigenvalue weighted by Gasteiger charge is 2.34. The van der Waals surface area contributed by atoms with E-state index in [1.54, 1.807) is 19.1 Å². The summed E-state index contributed by atoms with van der Waals surface area (Å²) in [4.78, 5) is 0.0975. The Bertz CT molecular complexity index is 640. The lowest BCUT2D eigenvalue weighted by molar-refractivity contribution is 0.257. The van der Waals surface area contributed by atoms with E-state index in [1.165, 1.54) is 10.4 Å². The van der Waals surface area contributed by atoms with Crippen molar-refractivity contribution in [3.8, 4) is 6.07 Å². The smallest absolute Gasteiger partial charge is 0.244 e. The topological polar surface area (TPSA) is 87.2 Å². The minimum absolute atomic E-state index is 0. The second kappa shape index (κ2) is 7.23. The first kappa shape index (κ1) is 17.9. The number of benzene rings is 1. The summed E-state index contributed by atoms with van der Waals surface area (Å²) in [6.07, 6.45) is 2.61. The molecule has 0 aliphatic carbocycles. The van der Waals surface area contributed by atoms with Crippen LogP contribution in [-0.4, -0.2) is 31.9 Å². The lowest BCUT2D eigenvalue weighted by atomic mass is 10.1. The third-order valence-electron chi connectivity index (χ3n) is 3.78. The van der Waals surface area contributed by atoms with E-state index in [-0.39, 0.29) is 28.9 Å². The van der Waals surface area contributed by atoms with Gasteiger partial charge in [-0.15, -0.1) is 12.4 Å². The maximum Gasteiger partial charge on any atom is 0.244 e. The van der Waals surface area contributed by atoms with E-state index in [9.17, 15) is 13.7 Å². The maximum absolute atomic E-state index is 12.8. The summed E-state index contributed by atoms with van der Waals surface area (Å²) in [6, 6.07) is 6.76. The van der Waals surface area contributed by atoms with Gasteiger partial charge in [-0.05, 0) is 31.4 Å². The Morgan fingerprint density at radius 2 is 2.14 bits per heavy atom. The summed E-state index contributed by atoms with van der Waals surface area (Å²) in [7, 11) is -3.66. The van der Waals surface area contributed by atoms with Gasteiger partial charge < -0.3 is 5.73 Å². The van der Waals surface area contributed by atoms with Gasteiger partial charge in [0.2, 0.25) is 10.0 Å². The Labute approximate surface area is 132 Å². The summed E-state index contributed by atoms with van der Waals surface area (Å²) in [6.45, 7) is 2.53. The number of halogens is 1. The van der Waals surface area contributed by atoms with E-state index < -0.39 is 10.0 Å². The van der Waals surface area contributed by atoms with Crippen LogP contribution in [-0.2, 0) is 10.0 Å². The Morgan fingerprint density at radius 3 is 2.76 bits per heavy atom. The van der Waals surface area contributed by atoms with Crippen LogP contribution in [0.15, 0.2) is 23.1 Å². The summed E-state index contributed by atoms with van der Waals surface area (Å²) in [5, 5.41) is 9.23. The number of rotatable bonds is 3. The maximum atomic E-state index is 12.8. The van der Waals surface area contributed by atoms with Crippen molar-refractivity contribution in [2.24, 2.45) is 5.73 Å². The molecule has 0 aromatic heterocycles. The van der Waals surface area contributed by atoms with Gasteiger partial charge in [0.05, 0.1) is 5.56 Å². The van der Waals surface area contributed by atoms with E-state index in [2.05, 4.69) is 0 Å². The number of nitrogens with two attached hydrogens (primary N) is 1. The molecular weight excluding hydrogens is 310 g/mol. The first-order chi connectivity index (χ1) is 9.52. The molecule has 1 heterocycles. The molecule has 2 N–H and O–H groups in total. The number of piperidine rings is 1. The molecule has 0 radical (unpaired) electrons. The van der Waals surface area contributed by atoms with E-state index in [4.69, 9.17) is 5.73 Å². The fourth-order valence-electron chi connectivity index (χ4n) is 2.65. The summed E-state index contributed by atoms with van der Waals surface area (Å²) >= 11 is 0. The lowest BCUT2D eigenvalue weighted by Crippen LogP contribution is -2.47. The van der Waals surface area contributed by atoms with E-state index in [1.807, 2.05) is 6.07 Å². The van der Waals surface area contributed by atoms with Crippen LogP contribution in [0.2, 0.25) is 0 Å². The van der Waals surface area contributed by atoms with Crippen LogP contribution in [0, 0.1) is 18.3 Å². The van der Waals surface area contributed by atoms with Crippen molar-refractivity contribution >= 4 is 22.4 Å². The standard InChI is InChI=1S/C14H19N3O2S.ClH/c1-11-5-4-7-14(13(11)10-16)20(18,19)17-8-3-2-6-12(17)9-15;/h4-5,7,12H,2-3,6,8-9,15H2,1H3;1H. The highest BCUT2D eigenvalue weighted by Crippen LogP contribution is 2.27. The molecule has 0 amide bonds. The summed E-state index contributed by atoms with van der Waals surface area (Å²) in [5.41, 5.74) is 6.60. The van der Waals surface area contributed by atoms with E-state index >= 15 is 0 Å². The van der Waals surface area contributed by atoms with Crippen LogP contribution in [0.1, 0.15) is 30.4 Å². The number of hydrogen-bond acceptors (Lipinski definition) is 4. The number of aryl methyl sites for hydroxylation is 1. The second-order valence-corrected chi connectivity index (χ2v) is 6.92. The number of nitriles is 1. The third-order valence-corrected chi connectivity index (χ3v) is 5.77. The molecular formula is C14H20ClN3O2S. The first-order valence-corrected chi connectivity index (χ1v) is 8.18. The highest BCUT2D eigenvalue weighted by atomic mass is 35.5. The van der Waals surface area contributed by atoms with Crippen molar-refractivity contribution in [3.63, 3.8) is 0 Å². The normalized spacial score (nSPS) is 19.6. The zero-order valence-corrected chi connectivity index (χ0v) is 13.6. The van der Waals surface area contributed by atoms with Gasteiger partial charge in [-0.3, -0.25) is 0 Å². The third kappa shape index (κ3) is 3.38. The van der Waals surface area contributed by atoms with E-state index in [0.29, 0.717) is 18.7 Å². The Morgan fingerprint density at radius 1 is 1.43 bits per heavy atom. The fourth-order valence-corrected chi connectivity index (χ4v) is 4.57. The summed E-state index contributed by atoms with van der Waals surface area (Å²) < 4.78 is 27.1. The number of sulfonamides is 1. The van der Waals surface area contributed by atoms with Crippen molar-refractivity contribution in [1.82, 2.24) is 4.31 Å².